The zero-order valence-electron chi connectivity index (χ0n) is 15.6. The van der Waals surface area contributed by atoms with Crippen molar-refractivity contribution in [3.8, 4) is 0 Å². The first-order valence-electron chi connectivity index (χ1n) is 8.97. The minimum atomic E-state index is -0.492. The Hall–Kier alpha value is -2.87. The third-order valence-electron chi connectivity index (χ3n) is 4.02. The number of hydrogen-bond donors (Lipinski definition) is 2. The molecule has 2 N–H and O–H groups in total. The predicted molar refractivity (Wildman–Crippen MR) is 107 cm³/mol. The quantitative estimate of drug-likeness (QED) is 0.259. The Labute approximate surface area is 168 Å². The number of amides is 1. The summed E-state index contributed by atoms with van der Waals surface area (Å²) < 4.78 is 5.14. The molecule has 0 saturated carbocycles. The van der Waals surface area contributed by atoms with Gasteiger partial charge in [0, 0.05) is 24.8 Å². The highest BCUT2D eigenvalue weighted by molar-refractivity contribution is 6.32. The van der Waals surface area contributed by atoms with Crippen LogP contribution >= 0.6 is 11.6 Å². The second-order valence-corrected chi connectivity index (χ2v) is 6.64. The van der Waals surface area contributed by atoms with Crippen LogP contribution in [0.4, 0.5) is 16.2 Å². The first kappa shape index (κ1) is 21.4. The van der Waals surface area contributed by atoms with Crippen molar-refractivity contribution < 1.29 is 14.5 Å². The maximum absolute atomic E-state index is 11.7. The van der Waals surface area contributed by atoms with Gasteiger partial charge in [-0.15, -0.1) is 0 Å². The lowest BCUT2D eigenvalue weighted by Crippen LogP contribution is -2.25. The molecule has 1 unspecified atom stereocenters. The molecule has 0 fully saturated rings. The van der Waals surface area contributed by atoms with Gasteiger partial charge in [-0.2, -0.15) is 0 Å². The summed E-state index contributed by atoms with van der Waals surface area (Å²) >= 11 is 5.97. The molecule has 1 atom stereocenters. The van der Waals surface area contributed by atoms with E-state index in [1.807, 2.05) is 37.3 Å². The summed E-state index contributed by atoms with van der Waals surface area (Å²) in [4.78, 5) is 26.1. The zero-order chi connectivity index (χ0) is 20.4. The zero-order valence-corrected chi connectivity index (χ0v) is 16.3. The Morgan fingerprint density at radius 3 is 2.75 bits per heavy atom. The van der Waals surface area contributed by atoms with Crippen LogP contribution in [0.15, 0.2) is 42.6 Å². The van der Waals surface area contributed by atoms with Crippen molar-refractivity contribution in [2.45, 2.75) is 38.8 Å². The van der Waals surface area contributed by atoms with Crippen LogP contribution in [0.25, 0.3) is 0 Å². The molecule has 2 aromatic rings. The number of aromatic nitrogens is 1. The van der Waals surface area contributed by atoms with Gasteiger partial charge in [0.05, 0.1) is 4.92 Å². The van der Waals surface area contributed by atoms with Crippen molar-refractivity contribution in [3.05, 3.63) is 63.4 Å². The van der Waals surface area contributed by atoms with Crippen LogP contribution in [0.1, 0.15) is 31.7 Å². The van der Waals surface area contributed by atoms with E-state index in [2.05, 4.69) is 15.6 Å². The number of anilines is 1. The van der Waals surface area contributed by atoms with Crippen LogP contribution in [0, 0.1) is 10.1 Å². The van der Waals surface area contributed by atoms with E-state index in [1.54, 1.807) is 0 Å². The maximum atomic E-state index is 11.7. The number of carbonyl (C=O) groups excluding carboxylic acids is 1. The summed E-state index contributed by atoms with van der Waals surface area (Å²) in [5.41, 5.74) is 1.06. The van der Waals surface area contributed by atoms with Crippen LogP contribution in [0.5, 0.6) is 0 Å². The fourth-order valence-electron chi connectivity index (χ4n) is 2.57. The summed E-state index contributed by atoms with van der Waals surface area (Å²) in [6.07, 6.45) is 3.18. The van der Waals surface area contributed by atoms with E-state index >= 15 is 0 Å². The molecule has 9 heteroatoms. The van der Waals surface area contributed by atoms with E-state index in [-0.39, 0.29) is 29.2 Å². The van der Waals surface area contributed by atoms with Crippen molar-refractivity contribution in [1.82, 2.24) is 10.3 Å². The van der Waals surface area contributed by atoms with Gasteiger partial charge in [0.25, 0.3) is 5.69 Å². The second kappa shape index (κ2) is 11.1. The Morgan fingerprint density at radius 2 is 2.04 bits per heavy atom. The number of alkyl carbamates (subject to hydrolysis) is 1. The van der Waals surface area contributed by atoms with Crippen molar-refractivity contribution in [2.75, 3.05) is 11.9 Å². The third-order valence-corrected chi connectivity index (χ3v) is 4.30. The predicted octanol–water partition coefficient (Wildman–Crippen LogP) is 4.54. The maximum Gasteiger partial charge on any atom is 0.407 e. The Balaban J connectivity index is 1.64. The first-order chi connectivity index (χ1) is 13.5. The van der Waals surface area contributed by atoms with Gasteiger partial charge in [0.2, 0.25) is 0 Å². The number of carbonyl (C=O) groups is 1. The molecule has 28 heavy (non-hydrogen) atoms. The summed E-state index contributed by atoms with van der Waals surface area (Å²) in [6.45, 7) is 2.64. The van der Waals surface area contributed by atoms with Crippen molar-refractivity contribution >= 4 is 29.1 Å². The molecule has 0 radical (unpaired) electrons. The Bertz CT molecular complexity index is 789. The second-order valence-electron chi connectivity index (χ2n) is 6.28. The van der Waals surface area contributed by atoms with E-state index in [1.165, 1.54) is 12.3 Å². The van der Waals surface area contributed by atoms with Gasteiger partial charge < -0.3 is 15.4 Å². The van der Waals surface area contributed by atoms with Crippen LogP contribution in [-0.2, 0) is 11.3 Å². The molecule has 0 spiro atoms. The highest BCUT2D eigenvalue weighted by Crippen LogP contribution is 2.30. The van der Waals surface area contributed by atoms with Crippen LogP contribution in [0.2, 0.25) is 5.15 Å². The molecule has 1 heterocycles. The molecule has 0 aliphatic rings. The lowest BCUT2D eigenvalue weighted by atomic mass is 10.1. The van der Waals surface area contributed by atoms with Gasteiger partial charge in [-0.05, 0) is 31.7 Å². The van der Waals surface area contributed by atoms with Crippen LogP contribution < -0.4 is 10.6 Å². The van der Waals surface area contributed by atoms with Gasteiger partial charge in [-0.25, -0.2) is 9.78 Å². The molecule has 1 aromatic carbocycles. The van der Waals surface area contributed by atoms with E-state index < -0.39 is 11.0 Å². The highest BCUT2D eigenvalue weighted by atomic mass is 35.5. The number of hydrogen-bond acceptors (Lipinski definition) is 6. The molecular weight excluding hydrogens is 384 g/mol. The van der Waals surface area contributed by atoms with Gasteiger partial charge in [0.1, 0.15) is 6.61 Å². The summed E-state index contributed by atoms with van der Waals surface area (Å²) in [6, 6.07) is 10.7. The molecule has 0 aliphatic carbocycles. The number of nitrogens with one attached hydrogen (secondary N) is 2. The van der Waals surface area contributed by atoms with E-state index in [9.17, 15) is 14.9 Å². The number of pyridine rings is 1. The van der Waals surface area contributed by atoms with E-state index in [0.29, 0.717) is 6.54 Å². The van der Waals surface area contributed by atoms with Crippen molar-refractivity contribution in [1.29, 1.82) is 0 Å². The lowest BCUT2D eigenvalue weighted by Gasteiger charge is -2.15. The average Bonchev–Trinajstić information content (AvgIpc) is 2.68. The lowest BCUT2D eigenvalue weighted by molar-refractivity contribution is -0.384. The minimum Gasteiger partial charge on any atom is -0.445 e. The Morgan fingerprint density at radius 1 is 1.29 bits per heavy atom. The fraction of sp³-hybridized carbons (Fsp3) is 0.368. The number of benzene rings is 1. The first-order valence-corrected chi connectivity index (χ1v) is 9.35. The molecule has 0 bridgehead atoms. The van der Waals surface area contributed by atoms with Crippen molar-refractivity contribution in [3.63, 3.8) is 0 Å². The SMILES string of the molecule is CC(CCCCNC(=O)OCc1ccccc1)Nc1c([N+](=O)[O-])ccnc1Cl. The average molecular weight is 407 g/mol. The number of rotatable bonds is 10. The number of halogens is 1. The summed E-state index contributed by atoms with van der Waals surface area (Å²) in [5.74, 6) is 0. The van der Waals surface area contributed by atoms with Gasteiger partial charge in [-0.3, -0.25) is 10.1 Å². The van der Waals surface area contributed by atoms with Gasteiger partial charge >= 0.3 is 6.09 Å². The number of nitro groups is 1. The van der Waals surface area contributed by atoms with E-state index in [4.69, 9.17) is 16.3 Å². The highest BCUT2D eigenvalue weighted by Gasteiger charge is 2.19. The monoisotopic (exact) mass is 406 g/mol. The number of nitrogens with zero attached hydrogens (tertiary/aromatic N) is 2. The molecule has 1 aromatic heterocycles. The number of ether oxygens (including phenoxy) is 1. The topological polar surface area (TPSA) is 106 Å². The van der Waals surface area contributed by atoms with Crippen LogP contribution in [-0.4, -0.2) is 28.6 Å². The smallest absolute Gasteiger partial charge is 0.407 e. The fourth-order valence-corrected chi connectivity index (χ4v) is 2.78. The molecule has 0 aliphatic heterocycles. The normalized spacial score (nSPS) is 11.5. The summed E-state index contributed by atoms with van der Waals surface area (Å²) in [5, 5.41) is 16.9. The van der Waals surface area contributed by atoms with E-state index in [0.717, 1.165) is 24.8 Å². The standard InChI is InChI=1S/C19H23ClN4O4/c1-14(23-17-16(24(26)27)10-12-21-18(17)20)7-5-6-11-22-19(25)28-13-15-8-3-2-4-9-15/h2-4,8-10,12,14,23H,5-7,11,13H2,1H3,(H,22,25). The molecule has 1 amide bonds. The Kier molecular flexibility index (Phi) is 8.48. The molecule has 150 valence electrons. The third kappa shape index (κ3) is 7.03. The van der Waals surface area contributed by atoms with Gasteiger partial charge in [-0.1, -0.05) is 41.9 Å². The molecular formula is C19H23ClN4O4. The molecule has 2 rings (SSSR count). The van der Waals surface area contributed by atoms with Gasteiger partial charge in [0.15, 0.2) is 10.8 Å². The molecule has 0 saturated heterocycles. The minimum absolute atomic E-state index is 0.0366. The summed E-state index contributed by atoms with van der Waals surface area (Å²) in [7, 11) is 0. The molecule has 8 nitrogen and oxygen atoms in total. The van der Waals surface area contributed by atoms with Crippen LogP contribution in [0.3, 0.4) is 0 Å². The number of unbranched alkanes of at least 4 members (excludes halogenated alkanes) is 1. The largest absolute Gasteiger partial charge is 0.445 e. The van der Waals surface area contributed by atoms with Crippen molar-refractivity contribution in [2.24, 2.45) is 0 Å².